The molecule has 0 spiro atoms. The van der Waals surface area contributed by atoms with Gasteiger partial charge >= 0.3 is 0 Å². The minimum absolute atomic E-state index is 0.345. The molecular formula is C29H29FN2O6. The van der Waals surface area contributed by atoms with Gasteiger partial charge in [0.25, 0.3) is 0 Å². The van der Waals surface area contributed by atoms with E-state index in [0.29, 0.717) is 28.4 Å². The summed E-state index contributed by atoms with van der Waals surface area (Å²) in [6, 6.07) is 18.7. The lowest BCUT2D eigenvalue weighted by Crippen LogP contribution is -2.56. The van der Waals surface area contributed by atoms with Gasteiger partial charge in [0.2, 0.25) is 11.8 Å². The van der Waals surface area contributed by atoms with Gasteiger partial charge in [0.15, 0.2) is 0 Å². The minimum Gasteiger partial charge on any atom is -0.495 e. The van der Waals surface area contributed by atoms with E-state index >= 15 is 0 Å². The van der Waals surface area contributed by atoms with Gasteiger partial charge in [-0.3, -0.25) is 14.4 Å². The minimum atomic E-state index is -1.80. The third-order valence-corrected chi connectivity index (χ3v) is 6.82. The number of rotatable bonds is 7. The van der Waals surface area contributed by atoms with E-state index in [1.54, 1.807) is 48.5 Å². The molecule has 3 aromatic carbocycles. The first-order valence-corrected chi connectivity index (χ1v) is 12.0. The standard InChI is InChI=1S/C29H29FN2O6/c1-29(36)16-21(33)25(27(34)31-19-8-4-6-10-22(19)37-2)24(17-12-14-18(30)15-13-17)26(29)28(35)32-20-9-5-7-11-23(20)38-3/h4-15,24-26,36H,16H2,1-3H3,(H,31,34)(H,32,35)/t24-,25-,26+,29-/m0/s1. The molecule has 1 saturated carbocycles. The summed E-state index contributed by atoms with van der Waals surface area (Å²) in [5.74, 6) is -5.25. The van der Waals surface area contributed by atoms with Crippen LogP contribution < -0.4 is 20.1 Å². The number of benzene rings is 3. The molecule has 9 heteroatoms. The Balaban J connectivity index is 1.78. The van der Waals surface area contributed by atoms with E-state index in [0.717, 1.165) is 0 Å². The van der Waals surface area contributed by atoms with Crippen LogP contribution in [0, 0.1) is 17.7 Å². The van der Waals surface area contributed by atoms with Crippen LogP contribution in [0.15, 0.2) is 72.8 Å². The number of ether oxygens (including phenoxy) is 2. The van der Waals surface area contributed by atoms with Crippen LogP contribution in [0.25, 0.3) is 0 Å². The molecule has 1 aliphatic rings. The van der Waals surface area contributed by atoms with Gasteiger partial charge in [-0.1, -0.05) is 36.4 Å². The van der Waals surface area contributed by atoms with Crippen molar-refractivity contribution in [3.05, 3.63) is 84.2 Å². The number of para-hydroxylation sites is 4. The average Bonchev–Trinajstić information content (AvgIpc) is 2.88. The molecule has 3 N–H and O–H groups in total. The second-order valence-corrected chi connectivity index (χ2v) is 9.41. The van der Waals surface area contributed by atoms with Crippen molar-refractivity contribution >= 4 is 29.0 Å². The van der Waals surface area contributed by atoms with Gasteiger partial charge in [-0.15, -0.1) is 0 Å². The highest BCUT2D eigenvalue weighted by Crippen LogP contribution is 2.47. The van der Waals surface area contributed by atoms with Gasteiger partial charge in [0.1, 0.15) is 29.0 Å². The Hall–Kier alpha value is -4.24. The Morgan fingerprint density at radius 1 is 0.868 bits per heavy atom. The number of carbonyl (C=O) groups is 3. The zero-order valence-corrected chi connectivity index (χ0v) is 21.2. The molecule has 0 unspecified atom stereocenters. The number of nitrogens with one attached hydrogen (secondary N) is 2. The summed E-state index contributed by atoms with van der Waals surface area (Å²) in [6.07, 6.45) is -0.432. The number of methoxy groups -OCH3 is 2. The first-order chi connectivity index (χ1) is 18.2. The number of anilines is 2. The van der Waals surface area contributed by atoms with Crippen LogP contribution in [0.3, 0.4) is 0 Å². The van der Waals surface area contributed by atoms with Crippen LogP contribution >= 0.6 is 0 Å². The van der Waals surface area contributed by atoms with Crippen molar-refractivity contribution in [3.8, 4) is 11.5 Å². The second-order valence-electron chi connectivity index (χ2n) is 9.41. The smallest absolute Gasteiger partial charge is 0.235 e. The fraction of sp³-hybridized carbons (Fsp3) is 0.276. The third-order valence-electron chi connectivity index (χ3n) is 6.82. The van der Waals surface area contributed by atoms with E-state index in [4.69, 9.17) is 9.47 Å². The van der Waals surface area contributed by atoms with E-state index < -0.39 is 53.2 Å². The number of hydrogen-bond acceptors (Lipinski definition) is 6. The lowest BCUT2D eigenvalue weighted by molar-refractivity contribution is -0.150. The molecule has 38 heavy (non-hydrogen) atoms. The topological polar surface area (TPSA) is 114 Å². The summed E-state index contributed by atoms with van der Waals surface area (Å²) >= 11 is 0. The fourth-order valence-corrected chi connectivity index (χ4v) is 5.09. The predicted molar refractivity (Wildman–Crippen MR) is 140 cm³/mol. The van der Waals surface area contributed by atoms with E-state index in [1.807, 2.05) is 0 Å². The molecule has 0 bridgehead atoms. The van der Waals surface area contributed by atoms with E-state index in [9.17, 15) is 23.9 Å². The number of halogens is 1. The molecule has 1 aliphatic carbocycles. The van der Waals surface area contributed by atoms with Crippen LogP contribution in [0.4, 0.5) is 15.8 Å². The average molecular weight is 521 g/mol. The number of aliphatic hydroxyl groups is 1. The number of carbonyl (C=O) groups excluding carboxylic acids is 3. The van der Waals surface area contributed by atoms with Crippen molar-refractivity contribution in [2.45, 2.75) is 24.9 Å². The van der Waals surface area contributed by atoms with Crippen LogP contribution in [0.2, 0.25) is 0 Å². The molecule has 4 rings (SSSR count). The summed E-state index contributed by atoms with van der Waals surface area (Å²) < 4.78 is 24.5. The first-order valence-electron chi connectivity index (χ1n) is 12.0. The Bertz CT molecular complexity index is 1340. The molecule has 2 amide bonds. The number of Topliss-reactive ketones (excluding diaryl/α,β-unsaturated/α-hetero) is 1. The molecule has 8 nitrogen and oxygen atoms in total. The van der Waals surface area contributed by atoms with Crippen molar-refractivity contribution in [3.63, 3.8) is 0 Å². The maximum Gasteiger partial charge on any atom is 0.235 e. The van der Waals surface area contributed by atoms with Crippen molar-refractivity contribution in [2.24, 2.45) is 11.8 Å². The van der Waals surface area contributed by atoms with Gasteiger partial charge in [0, 0.05) is 12.3 Å². The summed E-state index contributed by atoms with van der Waals surface area (Å²) in [5, 5.41) is 16.9. The van der Waals surface area contributed by atoms with Gasteiger partial charge in [-0.05, 0) is 48.9 Å². The molecule has 198 valence electrons. The van der Waals surface area contributed by atoms with Crippen LogP contribution in [-0.2, 0) is 14.4 Å². The maximum absolute atomic E-state index is 13.8. The molecule has 0 radical (unpaired) electrons. The molecule has 4 atom stereocenters. The monoisotopic (exact) mass is 520 g/mol. The number of amides is 2. The third kappa shape index (κ3) is 5.38. The van der Waals surface area contributed by atoms with Gasteiger partial charge in [0.05, 0.1) is 37.1 Å². The molecule has 0 aliphatic heterocycles. The summed E-state index contributed by atoms with van der Waals surface area (Å²) in [4.78, 5) is 40.8. The highest BCUT2D eigenvalue weighted by molar-refractivity contribution is 6.11. The quantitative estimate of drug-likeness (QED) is 0.403. The Kier molecular flexibility index (Phi) is 7.78. The summed E-state index contributed by atoms with van der Waals surface area (Å²) in [5.41, 5.74) is -0.734. The lowest BCUT2D eigenvalue weighted by atomic mass is 9.61. The van der Waals surface area contributed by atoms with Crippen molar-refractivity contribution < 1.29 is 33.4 Å². The zero-order valence-electron chi connectivity index (χ0n) is 21.2. The van der Waals surface area contributed by atoms with E-state index in [2.05, 4.69) is 10.6 Å². The first kappa shape index (κ1) is 26.8. The molecule has 0 saturated heterocycles. The predicted octanol–water partition coefficient (Wildman–Crippen LogP) is 4.16. The SMILES string of the molecule is COc1ccccc1NC(=O)[C@H]1C(=O)C[C@](C)(O)[C@@H](C(=O)Nc2ccccc2OC)[C@H]1c1ccc(F)cc1. The lowest BCUT2D eigenvalue weighted by Gasteiger charge is -2.44. The van der Waals surface area contributed by atoms with Crippen LogP contribution in [0.5, 0.6) is 11.5 Å². The fourth-order valence-electron chi connectivity index (χ4n) is 5.09. The number of hydrogen-bond donors (Lipinski definition) is 3. The largest absolute Gasteiger partial charge is 0.495 e. The highest BCUT2D eigenvalue weighted by atomic mass is 19.1. The van der Waals surface area contributed by atoms with Crippen LogP contribution in [-0.4, -0.2) is 42.5 Å². The second kappa shape index (κ2) is 11.0. The molecule has 0 aromatic heterocycles. The van der Waals surface area contributed by atoms with Gasteiger partial charge in [-0.2, -0.15) is 0 Å². The Labute approximate surface area is 219 Å². The van der Waals surface area contributed by atoms with E-state index in [1.165, 1.54) is 45.4 Å². The van der Waals surface area contributed by atoms with Gasteiger partial charge < -0.3 is 25.2 Å². The van der Waals surface area contributed by atoms with Crippen molar-refractivity contribution in [2.75, 3.05) is 24.9 Å². The summed E-state index contributed by atoms with van der Waals surface area (Å²) in [6.45, 7) is 1.39. The van der Waals surface area contributed by atoms with Crippen molar-refractivity contribution in [1.29, 1.82) is 0 Å². The maximum atomic E-state index is 13.8. The van der Waals surface area contributed by atoms with Crippen molar-refractivity contribution in [1.82, 2.24) is 0 Å². The van der Waals surface area contributed by atoms with E-state index in [-0.39, 0.29) is 0 Å². The molecule has 3 aromatic rings. The number of ketones is 1. The van der Waals surface area contributed by atoms with Gasteiger partial charge in [-0.25, -0.2) is 4.39 Å². The zero-order chi connectivity index (χ0) is 27.4. The molecular weight excluding hydrogens is 491 g/mol. The normalized spacial score (nSPS) is 22.9. The Morgan fingerprint density at radius 2 is 1.37 bits per heavy atom. The highest BCUT2D eigenvalue weighted by Gasteiger charge is 2.56. The molecule has 1 fully saturated rings. The summed E-state index contributed by atoms with van der Waals surface area (Å²) in [7, 11) is 2.91. The van der Waals surface area contributed by atoms with Crippen LogP contribution in [0.1, 0.15) is 24.8 Å². The Morgan fingerprint density at radius 3 is 1.89 bits per heavy atom. The molecule has 0 heterocycles.